The van der Waals surface area contributed by atoms with Gasteiger partial charge in [0.15, 0.2) is 0 Å². The Morgan fingerprint density at radius 3 is 2.76 bits per heavy atom. The summed E-state index contributed by atoms with van der Waals surface area (Å²) in [6, 6.07) is 5.60. The first-order valence-electron chi connectivity index (χ1n) is 5.50. The monoisotopic (exact) mass is 255 g/mol. The van der Waals surface area contributed by atoms with E-state index in [-0.39, 0.29) is 11.9 Å². The molecular weight excluding hydrogens is 238 g/mol. The summed E-state index contributed by atoms with van der Waals surface area (Å²) in [5, 5.41) is 6.47. The summed E-state index contributed by atoms with van der Waals surface area (Å²) in [6.07, 6.45) is 0.346. The molecule has 0 aliphatic heterocycles. The van der Waals surface area contributed by atoms with Crippen molar-refractivity contribution < 1.29 is 4.79 Å². The predicted octanol–water partition coefficient (Wildman–Crippen LogP) is 1.52. The molecule has 1 aromatic rings. The number of hydrogen-bond donors (Lipinski definition) is 3. The Labute approximate surface area is 107 Å². The lowest BCUT2D eigenvalue weighted by atomic mass is 10.1. The smallest absolute Gasteiger partial charge is 0.221 e. The number of amides is 1. The van der Waals surface area contributed by atoms with E-state index in [9.17, 15) is 4.79 Å². The van der Waals surface area contributed by atoms with Crippen LogP contribution in [0, 0.1) is 6.92 Å². The first-order valence-corrected chi connectivity index (χ1v) is 5.88. The average Bonchev–Trinajstić information content (AvgIpc) is 2.32. The number of aryl methyl sites for hydroxylation is 1. The summed E-state index contributed by atoms with van der Waals surface area (Å²) in [4.78, 5) is 11.3. The minimum atomic E-state index is -0.0891. The topological polar surface area (TPSA) is 67.2 Å². The van der Waals surface area contributed by atoms with Crippen LogP contribution in [-0.2, 0) is 4.79 Å². The van der Waals surface area contributed by atoms with E-state index in [2.05, 4.69) is 10.6 Å². The molecule has 0 saturated heterocycles. The molecule has 0 heterocycles. The number of anilines is 1. The third-order valence-corrected chi connectivity index (χ3v) is 2.94. The Bertz CT molecular complexity index is 395. The van der Waals surface area contributed by atoms with Gasteiger partial charge in [0.05, 0.1) is 0 Å². The van der Waals surface area contributed by atoms with Gasteiger partial charge < -0.3 is 16.4 Å². The Morgan fingerprint density at radius 1 is 1.53 bits per heavy atom. The van der Waals surface area contributed by atoms with Crippen molar-refractivity contribution in [2.45, 2.75) is 19.4 Å². The van der Waals surface area contributed by atoms with Crippen LogP contribution < -0.4 is 16.4 Å². The zero-order valence-corrected chi connectivity index (χ0v) is 10.8. The lowest BCUT2D eigenvalue weighted by Gasteiger charge is -2.17. The second-order valence-corrected chi connectivity index (χ2v) is 4.33. The molecule has 1 rings (SSSR count). The highest BCUT2D eigenvalue weighted by Gasteiger charge is 2.11. The van der Waals surface area contributed by atoms with E-state index < -0.39 is 0 Å². The van der Waals surface area contributed by atoms with E-state index in [0.717, 1.165) is 11.3 Å². The molecule has 0 radical (unpaired) electrons. The van der Waals surface area contributed by atoms with Gasteiger partial charge in [-0.1, -0.05) is 17.7 Å². The third kappa shape index (κ3) is 4.24. The molecule has 0 aromatic heterocycles. The van der Waals surface area contributed by atoms with Crippen molar-refractivity contribution in [2.24, 2.45) is 5.73 Å². The van der Waals surface area contributed by atoms with Crippen molar-refractivity contribution in [3.8, 4) is 0 Å². The SMILES string of the molecule is CNC(=O)CC(CN)Nc1ccc(C)c(Cl)c1. The normalized spacial score (nSPS) is 12.0. The fourth-order valence-electron chi connectivity index (χ4n) is 1.44. The van der Waals surface area contributed by atoms with E-state index >= 15 is 0 Å². The summed E-state index contributed by atoms with van der Waals surface area (Å²) >= 11 is 6.02. The van der Waals surface area contributed by atoms with Gasteiger partial charge in [0, 0.05) is 36.8 Å². The fourth-order valence-corrected chi connectivity index (χ4v) is 1.62. The van der Waals surface area contributed by atoms with Gasteiger partial charge in [-0.3, -0.25) is 4.79 Å². The number of carbonyl (C=O) groups excluding carboxylic acids is 1. The highest BCUT2D eigenvalue weighted by Crippen LogP contribution is 2.20. The lowest BCUT2D eigenvalue weighted by Crippen LogP contribution is -2.34. The molecule has 1 atom stereocenters. The van der Waals surface area contributed by atoms with Crippen LogP contribution in [0.4, 0.5) is 5.69 Å². The molecule has 0 bridgehead atoms. The maximum atomic E-state index is 11.3. The minimum Gasteiger partial charge on any atom is -0.380 e. The second-order valence-electron chi connectivity index (χ2n) is 3.92. The van der Waals surface area contributed by atoms with E-state index in [1.165, 1.54) is 0 Å². The molecule has 0 spiro atoms. The molecule has 1 aromatic carbocycles. The van der Waals surface area contributed by atoms with Crippen LogP contribution in [0.1, 0.15) is 12.0 Å². The van der Waals surface area contributed by atoms with Crippen molar-refractivity contribution >= 4 is 23.2 Å². The predicted molar refractivity (Wildman–Crippen MR) is 71.3 cm³/mol. The third-order valence-electron chi connectivity index (χ3n) is 2.54. The van der Waals surface area contributed by atoms with Crippen molar-refractivity contribution in [1.29, 1.82) is 0 Å². The maximum Gasteiger partial charge on any atom is 0.221 e. The Kier molecular flexibility index (Phi) is 5.25. The van der Waals surface area contributed by atoms with Crippen LogP contribution in [0.15, 0.2) is 18.2 Å². The van der Waals surface area contributed by atoms with Gasteiger partial charge in [0.25, 0.3) is 0 Å². The first-order chi connectivity index (χ1) is 8.06. The molecule has 94 valence electrons. The average molecular weight is 256 g/mol. The highest BCUT2D eigenvalue weighted by atomic mass is 35.5. The van der Waals surface area contributed by atoms with Crippen molar-refractivity contribution in [3.05, 3.63) is 28.8 Å². The maximum absolute atomic E-state index is 11.3. The van der Waals surface area contributed by atoms with E-state index in [4.69, 9.17) is 17.3 Å². The fraction of sp³-hybridized carbons (Fsp3) is 0.417. The van der Waals surface area contributed by atoms with Crippen molar-refractivity contribution in [1.82, 2.24) is 5.32 Å². The lowest BCUT2D eigenvalue weighted by molar-refractivity contribution is -0.120. The largest absolute Gasteiger partial charge is 0.380 e. The van der Waals surface area contributed by atoms with Crippen LogP contribution in [0.25, 0.3) is 0 Å². The Balaban J connectivity index is 2.67. The van der Waals surface area contributed by atoms with Crippen LogP contribution in [0.2, 0.25) is 5.02 Å². The zero-order chi connectivity index (χ0) is 12.8. The van der Waals surface area contributed by atoms with Gasteiger partial charge in [-0.05, 0) is 24.6 Å². The molecular formula is C12H18ClN3O. The number of hydrogen-bond acceptors (Lipinski definition) is 3. The quantitative estimate of drug-likeness (QED) is 0.747. The van der Waals surface area contributed by atoms with Crippen molar-refractivity contribution in [3.63, 3.8) is 0 Å². The second kappa shape index (κ2) is 6.47. The zero-order valence-electron chi connectivity index (χ0n) is 10.1. The highest BCUT2D eigenvalue weighted by molar-refractivity contribution is 6.31. The molecule has 5 heteroatoms. The van der Waals surface area contributed by atoms with Crippen LogP contribution in [-0.4, -0.2) is 25.5 Å². The molecule has 0 aliphatic rings. The van der Waals surface area contributed by atoms with Crippen LogP contribution >= 0.6 is 11.6 Å². The minimum absolute atomic E-state index is 0.0360. The van der Waals surface area contributed by atoms with Crippen LogP contribution in [0.3, 0.4) is 0 Å². The summed E-state index contributed by atoms with van der Waals surface area (Å²) < 4.78 is 0. The van der Waals surface area contributed by atoms with Gasteiger partial charge in [-0.25, -0.2) is 0 Å². The van der Waals surface area contributed by atoms with Gasteiger partial charge >= 0.3 is 0 Å². The molecule has 4 N–H and O–H groups in total. The molecule has 0 fully saturated rings. The molecule has 1 amide bonds. The Morgan fingerprint density at radius 2 is 2.24 bits per heavy atom. The number of benzene rings is 1. The van der Waals surface area contributed by atoms with E-state index in [1.54, 1.807) is 7.05 Å². The molecule has 4 nitrogen and oxygen atoms in total. The van der Waals surface area contributed by atoms with Gasteiger partial charge in [-0.15, -0.1) is 0 Å². The standard InChI is InChI=1S/C12H18ClN3O/c1-8-3-4-9(5-11(8)13)16-10(7-14)6-12(17)15-2/h3-5,10,16H,6-7,14H2,1-2H3,(H,15,17). The summed E-state index contributed by atoms with van der Waals surface area (Å²) in [5.74, 6) is -0.0360. The Hall–Kier alpha value is -1.26. The summed E-state index contributed by atoms with van der Waals surface area (Å²) in [5.41, 5.74) is 7.51. The molecule has 17 heavy (non-hydrogen) atoms. The first kappa shape index (κ1) is 13.8. The molecule has 0 saturated carbocycles. The summed E-state index contributed by atoms with van der Waals surface area (Å²) in [7, 11) is 1.61. The van der Waals surface area contributed by atoms with Gasteiger partial charge in [0.2, 0.25) is 5.91 Å². The van der Waals surface area contributed by atoms with Gasteiger partial charge in [-0.2, -0.15) is 0 Å². The molecule has 1 unspecified atom stereocenters. The van der Waals surface area contributed by atoms with Crippen LogP contribution in [0.5, 0.6) is 0 Å². The molecule has 0 aliphatic carbocycles. The van der Waals surface area contributed by atoms with Crippen molar-refractivity contribution in [2.75, 3.05) is 18.9 Å². The van der Waals surface area contributed by atoms with E-state index in [0.29, 0.717) is 18.0 Å². The number of rotatable bonds is 5. The number of nitrogens with two attached hydrogens (primary N) is 1. The number of carbonyl (C=O) groups is 1. The van der Waals surface area contributed by atoms with Gasteiger partial charge in [0.1, 0.15) is 0 Å². The van der Waals surface area contributed by atoms with E-state index in [1.807, 2.05) is 25.1 Å². The summed E-state index contributed by atoms with van der Waals surface area (Å²) in [6.45, 7) is 2.33. The number of nitrogens with one attached hydrogen (secondary N) is 2. The number of halogens is 1.